The van der Waals surface area contributed by atoms with Gasteiger partial charge in [-0.05, 0) is 45.0 Å². The first-order chi connectivity index (χ1) is 12.3. The van der Waals surface area contributed by atoms with Crippen molar-refractivity contribution in [3.05, 3.63) is 23.8 Å². The quantitative estimate of drug-likeness (QED) is 0.550. The number of ether oxygens (including phenoxy) is 2. The second-order valence-electron chi connectivity index (χ2n) is 9.69. The zero-order chi connectivity index (χ0) is 20.4. The number of methoxy groups -OCH3 is 1. The Morgan fingerprint density at radius 3 is 2.44 bits per heavy atom. The lowest BCUT2D eigenvalue weighted by atomic mass is 9.76. The van der Waals surface area contributed by atoms with Crippen LogP contribution in [-0.2, 0) is 9.22 Å². The van der Waals surface area contributed by atoms with E-state index < -0.39 is 14.0 Å². The first kappa shape index (κ1) is 20.2. The van der Waals surface area contributed by atoms with E-state index in [9.17, 15) is 4.79 Å². The number of hydrogen-bond acceptors (Lipinski definition) is 4. The maximum atomic E-state index is 13.1. The number of benzene rings is 1. The maximum absolute atomic E-state index is 13.1. The molecule has 2 heterocycles. The Hall–Kier alpha value is -1.53. The third-order valence-electron chi connectivity index (χ3n) is 6.41. The zero-order valence-corrected chi connectivity index (χ0v) is 19.0. The molecule has 0 aromatic heterocycles. The van der Waals surface area contributed by atoms with Crippen LogP contribution in [0, 0.1) is 5.92 Å². The third kappa shape index (κ3) is 3.07. The number of hydrogen-bond donors (Lipinski definition) is 0. The normalized spacial score (nSPS) is 25.1. The van der Waals surface area contributed by atoms with Gasteiger partial charge in [-0.2, -0.15) is 0 Å². The van der Waals surface area contributed by atoms with Crippen molar-refractivity contribution in [2.45, 2.75) is 77.5 Å². The van der Waals surface area contributed by atoms with E-state index in [1.165, 1.54) is 0 Å². The molecule has 2 aliphatic rings. The van der Waals surface area contributed by atoms with Crippen molar-refractivity contribution in [1.29, 1.82) is 0 Å². The number of fused-ring (bicyclic) bond motifs is 3. The minimum atomic E-state index is -1.97. The SMILES string of the molecule is COc1cccc2c1OC(C)(C)N1C(=O)[C@H]([C@@H](C)O[Si](C)(C)C(C)(C)C)[C@@H]21. The highest BCUT2D eigenvalue weighted by Crippen LogP contribution is 2.56. The van der Waals surface area contributed by atoms with Crippen molar-refractivity contribution in [3.8, 4) is 11.5 Å². The van der Waals surface area contributed by atoms with Gasteiger partial charge in [-0.25, -0.2) is 0 Å². The van der Waals surface area contributed by atoms with E-state index in [1.807, 2.05) is 43.9 Å². The first-order valence-corrected chi connectivity index (χ1v) is 12.6. The Balaban J connectivity index is 1.97. The van der Waals surface area contributed by atoms with Gasteiger partial charge in [0, 0.05) is 5.56 Å². The molecule has 3 atom stereocenters. The Morgan fingerprint density at radius 1 is 1.26 bits per heavy atom. The predicted octanol–water partition coefficient (Wildman–Crippen LogP) is 4.73. The minimum Gasteiger partial charge on any atom is -0.493 e. The Bertz CT molecular complexity index is 753. The molecule has 6 heteroatoms. The molecule has 1 amide bonds. The Morgan fingerprint density at radius 2 is 1.89 bits per heavy atom. The molecule has 0 bridgehead atoms. The molecule has 0 N–H and O–H groups in total. The van der Waals surface area contributed by atoms with Gasteiger partial charge in [0.15, 0.2) is 25.5 Å². The lowest BCUT2D eigenvalue weighted by Crippen LogP contribution is -2.69. The highest BCUT2D eigenvalue weighted by Gasteiger charge is 2.61. The number of β-lactam (4-membered cyclic amide) rings is 1. The highest BCUT2D eigenvalue weighted by atomic mass is 28.4. The topological polar surface area (TPSA) is 48.0 Å². The van der Waals surface area contributed by atoms with Crippen LogP contribution in [0.5, 0.6) is 11.5 Å². The monoisotopic (exact) mass is 391 g/mol. The predicted molar refractivity (Wildman–Crippen MR) is 109 cm³/mol. The summed E-state index contributed by atoms with van der Waals surface area (Å²) in [6, 6.07) is 5.83. The van der Waals surface area contributed by atoms with E-state index in [4.69, 9.17) is 13.9 Å². The number of para-hydroxylation sites is 1. The fraction of sp³-hybridized carbons (Fsp3) is 0.667. The summed E-state index contributed by atoms with van der Waals surface area (Å²) in [5.74, 6) is 1.34. The van der Waals surface area contributed by atoms with Gasteiger partial charge >= 0.3 is 0 Å². The molecular formula is C21H33NO4Si. The van der Waals surface area contributed by atoms with Gasteiger partial charge in [-0.15, -0.1) is 0 Å². The van der Waals surface area contributed by atoms with Crippen molar-refractivity contribution in [3.63, 3.8) is 0 Å². The summed E-state index contributed by atoms with van der Waals surface area (Å²) in [6.45, 7) is 17.0. The molecule has 0 saturated carbocycles. The van der Waals surface area contributed by atoms with E-state index in [2.05, 4.69) is 33.9 Å². The Kier molecular flexibility index (Phi) is 4.67. The number of rotatable bonds is 4. The molecule has 0 aliphatic carbocycles. The average Bonchev–Trinajstić information content (AvgIpc) is 2.50. The van der Waals surface area contributed by atoms with E-state index in [1.54, 1.807) is 7.11 Å². The molecule has 2 aliphatic heterocycles. The minimum absolute atomic E-state index is 0.0499. The van der Waals surface area contributed by atoms with Crippen LogP contribution in [0.25, 0.3) is 0 Å². The van der Waals surface area contributed by atoms with Gasteiger partial charge in [0.25, 0.3) is 0 Å². The van der Waals surface area contributed by atoms with Crippen LogP contribution >= 0.6 is 0 Å². The molecule has 150 valence electrons. The van der Waals surface area contributed by atoms with Gasteiger partial charge in [-0.3, -0.25) is 9.69 Å². The lowest BCUT2D eigenvalue weighted by molar-refractivity contribution is -0.205. The van der Waals surface area contributed by atoms with E-state index >= 15 is 0 Å². The number of amides is 1. The van der Waals surface area contributed by atoms with Crippen molar-refractivity contribution >= 4 is 14.2 Å². The molecule has 1 aromatic carbocycles. The van der Waals surface area contributed by atoms with Gasteiger partial charge in [-0.1, -0.05) is 32.9 Å². The van der Waals surface area contributed by atoms with Gasteiger partial charge in [0.05, 0.1) is 25.2 Å². The molecule has 1 saturated heterocycles. The summed E-state index contributed by atoms with van der Waals surface area (Å²) in [5, 5.41) is 0.101. The van der Waals surface area contributed by atoms with Crippen LogP contribution in [0.1, 0.15) is 53.1 Å². The van der Waals surface area contributed by atoms with Gasteiger partial charge in [0.1, 0.15) is 0 Å². The van der Waals surface area contributed by atoms with Crippen LogP contribution in [-0.4, -0.2) is 38.1 Å². The summed E-state index contributed by atoms with van der Waals surface area (Å²) in [5.41, 5.74) is 0.292. The standard InChI is InChI=1S/C21H33NO4Si/c1-13(26-27(8,9)20(2,3)4)16-17-14-11-10-12-15(24-7)18(14)25-21(5,6)22(17)19(16)23/h10-13,16-17H,1-9H3/t13-,16-,17-/m1/s1. The lowest BCUT2D eigenvalue weighted by Gasteiger charge is -2.59. The number of carbonyl (C=O) groups excluding carboxylic acids is 1. The average molecular weight is 392 g/mol. The van der Waals surface area contributed by atoms with Crippen molar-refractivity contribution in [1.82, 2.24) is 4.90 Å². The zero-order valence-electron chi connectivity index (χ0n) is 18.0. The van der Waals surface area contributed by atoms with Crippen LogP contribution in [0.3, 0.4) is 0 Å². The van der Waals surface area contributed by atoms with Crippen LogP contribution in [0.4, 0.5) is 0 Å². The molecule has 5 nitrogen and oxygen atoms in total. The largest absolute Gasteiger partial charge is 0.493 e. The smallest absolute Gasteiger partial charge is 0.234 e. The van der Waals surface area contributed by atoms with E-state index in [-0.39, 0.29) is 29.0 Å². The van der Waals surface area contributed by atoms with Gasteiger partial charge in [0.2, 0.25) is 5.91 Å². The van der Waals surface area contributed by atoms with E-state index in [0.717, 1.165) is 11.3 Å². The molecular weight excluding hydrogens is 358 g/mol. The van der Waals surface area contributed by atoms with Crippen LogP contribution < -0.4 is 9.47 Å². The van der Waals surface area contributed by atoms with Crippen LogP contribution in [0.15, 0.2) is 18.2 Å². The molecule has 27 heavy (non-hydrogen) atoms. The first-order valence-electron chi connectivity index (χ1n) is 9.69. The fourth-order valence-electron chi connectivity index (χ4n) is 3.95. The van der Waals surface area contributed by atoms with Gasteiger partial charge < -0.3 is 13.9 Å². The summed E-state index contributed by atoms with van der Waals surface area (Å²) < 4.78 is 18.3. The molecule has 0 radical (unpaired) electrons. The highest BCUT2D eigenvalue weighted by molar-refractivity contribution is 6.74. The van der Waals surface area contributed by atoms with E-state index in [0.29, 0.717) is 5.75 Å². The third-order valence-corrected chi connectivity index (χ3v) is 11.0. The molecule has 1 aromatic rings. The fourth-order valence-corrected chi connectivity index (χ4v) is 5.38. The molecule has 1 fully saturated rings. The Labute approximate surface area is 164 Å². The second kappa shape index (κ2) is 6.24. The summed E-state index contributed by atoms with van der Waals surface area (Å²) in [7, 11) is -0.327. The molecule has 0 unspecified atom stereocenters. The summed E-state index contributed by atoms with van der Waals surface area (Å²) in [4.78, 5) is 15.0. The second-order valence-corrected chi connectivity index (χ2v) is 14.4. The van der Waals surface area contributed by atoms with Crippen molar-refractivity contribution < 1.29 is 18.7 Å². The maximum Gasteiger partial charge on any atom is 0.234 e. The van der Waals surface area contributed by atoms with Crippen molar-refractivity contribution in [2.24, 2.45) is 5.92 Å². The summed E-state index contributed by atoms with van der Waals surface area (Å²) >= 11 is 0. The van der Waals surface area contributed by atoms with Crippen molar-refractivity contribution in [2.75, 3.05) is 7.11 Å². The number of nitrogens with zero attached hydrogens (tertiary/aromatic N) is 1. The summed E-state index contributed by atoms with van der Waals surface area (Å²) in [6.07, 6.45) is -0.146. The molecule has 3 rings (SSSR count). The molecule has 0 spiro atoms. The van der Waals surface area contributed by atoms with Crippen LogP contribution in [0.2, 0.25) is 18.1 Å². The number of carbonyl (C=O) groups is 1.